The maximum Gasteiger partial charge on any atom is 0.340 e. The zero-order valence-electron chi connectivity index (χ0n) is 12.6. The number of nitrogens with zero attached hydrogens (tertiary/aromatic N) is 2. The van der Waals surface area contributed by atoms with Gasteiger partial charge in [-0.05, 0) is 18.4 Å². The number of benzene rings is 1. The number of rotatable bonds is 6. The molecule has 0 aliphatic heterocycles. The fourth-order valence-electron chi connectivity index (χ4n) is 1.84. The van der Waals surface area contributed by atoms with Crippen LogP contribution in [0.1, 0.15) is 30.6 Å². The Morgan fingerprint density at radius 2 is 2.10 bits per heavy atom. The second kappa shape index (κ2) is 7.01. The third-order valence-electron chi connectivity index (χ3n) is 3.12. The summed E-state index contributed by atoms with van der Waals surface area (Å²) < 4.78 is 18.3. The number of nitro benzene ring substituents is 1. The number of anilines is 1. The van der Waals surface area contributed by atoms with Gasteiger partial charge in [0.25, 0.3) is 5.69 Å². The Balaban J connectivity index is 3.25. The minimum atomic E-state index is -0.963. The van der Waals surface area contributed by atoms with E-state index >= 15 is 0 Å². The quantitative estimate of drug-likeness (QED) is 0.458. The second-order valence-electron chi connectivity index (χ2n) is 5.17. The summed E-state index contributed by atoms with van der Waals surface area (Å²) in [5.41, 5.74) is -0.483. The molecule has 7 heteroatoms. The molecule has 0 heterocycles. The third kappa shape index (κ3) is 4.14. The van der Waals surface area contributed by atoms with Crippen molar-refractivity contribution in [2.24, 2.45) is 5.92 Å². The highest BCUT2D eigenvalue weighted by molar-refractivity contribution is 5.92. The number of halogens is 1. The molecule has 0 bridgehead atoms. The molecule has 6 nitrogen and oxygen atoms in total. The molecule has 0 spiro atoms. The first-order valence-electron chi connectivity index (χ1n) is 6.55. The number of ether oxygens (including phenoxy) is 1. The van der Waals surface area contributed by atoms with E-state index in [0.29, 0.717) is 12.5 Å². The van der Waals surface area contributed by atoms with Gasteiger partial charge in [-0.3, -0.25) is 10.1 Å². The van der Waals surface area contributed by atoms with Crippen LogP contribution in [0.25, 0.3) is 0 Å². The molecule has 0 saturated carbocycles. The van der Waals surface area contributed by atoms with Crippen molar-refractivity contribution < 1.29 is 18.8 Å². The lowest BCUT2D eigenvalue weighted by molar-refractivity contribution is -0.384. The fraction of sp³-hybridized carbons (Fsp3) is 0.500. The van der Waals surface area contributed by atoms with Crippen LogP contribution in [0.15, 0.2) is 12.1 Å². The molecule has 1 rings (SSSR count). The number of carbonyl (C=O) groups is 1. The summed E-state index contributed by atoms with van der Waals surface area (Å²) >= 11 is 0. The van der Waals surface area contributed by atoms with E-state index in [1.165, 1.54) is 6.07 Å². The van der Waals surface area contributed by atoms with E-state index in [4.69, 9.17) is 0 Å². The van der Waals surface area contributed by atoms with Crippen molar-refractivity contribution in [2.75, 3.05) is 25.6 Å². The van der Waals surface area contributed by atoms with E-state index in [1.807, 2.05) is 13.8 Å². The number of methoxy groups -OCH3 is 1. The van der Waals surface area contributed by atoms with Crippen LogP contribution in [0, 0.1) is 21.8 Å². The predicted molar refractivity (Wildman–Crippen MR) is 77.1 cm³/mol. The second-order valence-corrected chi connectivity index (χ2v) is 5.17. The first-order valence-corrected chi connectivity index (χ1v) is 6.55. The lowest BCUT2D eigenvalue weighted by atomic mass is 10.1. The minimum absolute atomic E-state index is 0.197. The Bertz CT molecular complexity index is 546. The number of esters is 1. The summed E-state index contributed by atoms with van der Waals surface area (Å²) in [5.74, 6) is -1.40. The summed E-state index contributed by atoms with van der Waals surface area (Å²) in [6.45, 7) is 4.63. The van der Waals surface area contributed by atoms with E-state index in [2.05, 4.69) is 4.74 Å². The molecule has 0 fully saturated rings. The van der Waals surface area contributed by atoms with Crippen LogP contribution in [-0.4, -0.2) is 31.6 Å². The van der Waals surface area contributed by atoms with Gasteiger partial charge in [-0.25, -0.2) is 9.18 Å². The molecule has 0 N–H and O–H groups in total. The molecule has 116 valence electrons. The van der Waals surface area contributed by atoms with Gasteiger partial charge in [0.15, 0.2) is 0 Å². The van der Waals surface area contributed by atoms with Gasteiger partial charge in [0, 0.05) is 13.6 Å². The molecule has 0 aliphatic rings. The molecule has 0 radical (unpaired) electrons. The Morgan fingerprint density at radius 1 is 1.48 bits per heavy atom. The topological polar surface area (TPSA) is 72.7 Å². The van der Waals surface area contributed by atoms with Crippen molar-refractivity contribution in [3.8, 4) is 0 Å². The van der Waals surface area contributed by atoms with Gasteiger partial charge in [-0.15, -0.1) is 0 Å². The predicted octanol–water partition coefficient (Wildman–Crippen LogP) is 3.00. The molecule has 0 aromatic heterocycles. The van der Waals surface area contributed by atoms with Gasteiger partial charge < -0.3 is 9.64 Å². The normalized spacial score (nSPS) is 10.6. The average Bonchev–Trinajstić information content (AvgIpc) is 2.43. The molecule has 1 aromatic carbocycles. The summed E-state index contributed by atoms with van der Waals surface area (Å²) in [6.07, 6.45) is 0.818. The highest BCUT2D eigenvalue weighted by Crippen LogP contribution is 2.31. The van der Waals surface area contributed by atoms with Crippen LogP contribution < -0.4 is 4.90 Å². The van der Waals surface area contributed by atoms with Gasteiger partial charge in [0.2, 0.25) is 0 Å². The maximum atomic E-state index is 13.8. The van der Waals surface area contributed by atoms with Crippen molar-refractivity contribution in [3.63, 3.8) is 0 Å². The monoisotopic (exact) mass is 298 g/mol. The highest BCUT2D eigenvalue weighted by atomic mass is 19.1. The molecular weight excluding hydrogens is 279 g/mol. The number of hydrogen-bond donors (Lipinski definition) is 0. The van der Waals surface area contributed by atoms with Crippen LogP contribution in [0.3, 0.4) is 0 Å². The van der Waals surface area contributed by atoms with Crippen molar-refractivity contribution in [1.82, 2.24) is 0 Å². The van der Waals surface area contributed by atoms with E-state index < -0.39 is 16.7 Å². The Hall–Kier alpha value is -2.18. The molecule has 0 amide bonds. The molecule has 21 heavy (non-hydrogen) atoms. The Labute approximate surface area is 122 Å². The van der Waals surface area contributed by atoms with Crippen molar-refractivity contribution >= 4 is 17.3 Å². The van der Waals surface area contributed by atoms with Crippen LogP contribution >= 0.6 is 0 Å². The Kier molecular flexibility index (Phi) is 5.63. The van der Waals surface area contributed by atoms with Crippen molar-refractivity contribution in [2.45, 2.75) is 20.3 Å². The van der Waals surface area contributed by atoms with E-state index in [9.17, 15) is 19.3 Å². The van der Waals surface area contributed by atoms with Crippen molar-refractivity contribution in [3.05, 3.63) is 33.6 Å². The number of hydrogen-bond acceptors (Lipinski definition) is 5. The van der Waals surface area contributed by atoms with E-state index in [0.717, 1.165) is 19.6 Å². The van der Waals surface area contributed by atoms with Crippen LogP contribution in [-0.2, 0) is 4.74 Å². The van der Waals surface area contributed by atoms with Crippen LogP contribution in [0.2, 0.25) is 0 Å². The molecule has 0 saturated heterocycles. The summed E-state index contributed by atoms with van der Waals surface area (Å²) in [5, 5.41) is 11.1. The summed E-state index contributed by atoms with van der Waals surface area (Å²) in [4.78, 5) is 23.6. The third-order valence-corrected chi connectivity index (χ3v) is 3.12. The zero-order chi connectivity index (χ0) is 16.2. The minimum Gasteiger partial charge on any atom is -0.465 e. The lowest BCUT2D eigenvalue weighted by Gasteiger charge is -2.21. The molecular formula is C14H19FN2O4. The first-order chi connectivity index (χ1) is 9.77. The largest absolute Gasteiger partial charge is 0.465 e. The zero-order valence-corrected chi connectivity index (χ0v) is 12.6. The van der Waals surface area contributed by atoms with Gasteiger partial charge in [0.05, 0.1) is 23.7 Å². The lowest BCUT2D eigenvalue weighted by Crippen LogP contribution is -2.22. The van der Waals surface area contributed by atoms with Gasteiger partial charge in [0.1, 0.15) is 11.5 Å². The first kappa shape index (κ1) is 16.9. The number of nitro groups is 1. The van der Waals surface area contributed by atoms with E-state index in [-0.39, 0.29) is 16.9 Å². The van der Waals surface area contributed by atoms with Gasteiger partial charge >= 0.3 is 5.97 Å². The fourth-order valence-corrected chi connectivity index (χ4v) is 1.84. The highest BCUT2D eigenvalue weighted by Gasteiger charge is 2.24. The van der Waals surface area contributed by atoms with Gasteiger partial charge in [-0.1, -0.05) is 13.8 Å². The Morgan fingerprint density at radius 3 is 2.57 bits per heavy atom. The summed E-state index contributed by atoms with van der Waals surface area (Å²) in [6, 6.07) is 1.92. The average molecular weight is 298 g/mol. The van der Waals surface area contributed by atoms with Crippen LogP contribution in [0.4, 0.5) is 15.8 Å². The SMILES string of the molecule is COC(=O)c1cc(N(C)CCC(C)C)c([N+](=O)[O-])cc1F. The summed E-state index contributed by atoms with van der Waals surface area (Å²) in [7, 11) is 2.80. The van der Waals surface area contributed by atoms with Crippen molar-refractivity contribution in [1.29, 1.82) is 0 Å². The maximum absolute atomic E-state index is 13.8. The van der Waals surface area contributed by atoms with Crippen LogP contribution in [0.5, 0.6) is 0 Å². The molecule has 0 unspecified atom stereocenters. The number of carbonyl (C=O) groups excluding carboxylic acids is 1. The molecule has 0 atom stereocenters. The smallest absolute Gasteiger partial charge is 0.340 e. The standard InChI is InChI=1S/C14H19FN2O4/c1-9(2)5-6-16(3)12-7-10(14(18)21-4)11(15)8-13(12)17(19)20/h7-9H,5-6H2,1-4H3. The molecule has 1 aromatic rings. The van der Waals surface area contributed by atoms with E-state index in [1.54, 1.807) is 11.9 Å². The molecule has 0 aliphatic carbocycles. The van der Waals surface area contributed by atoms with Gasteiger partial charge in [-0.2, -0.15) is 0 Å².